The predicted octanol–water partition coefficient (Wildman–Crippen LogP) is 9.37. The van der Waals surface area contributed by atoms with E-state index >= 15 is 0 Å². The van der Waals surface area contributed by atoms with Crippen LogP contribution in [0.5, 0.6) is 0 Å². The molecule has 0 amide bonds. The molecule has 1 heterocycles. The Morgan fingerprint density at radius 3 is 2.00 bits per heavy atom. The van der Waals surface area contributed by atoms with Gasteiger partial charge in [0.25, 0.3) is 0 Å². The van der Waals surface area contributed by atoms with Crippen LogP contribution in [-0.2, 0) is 14.2 Å². The van der Waals surface area contributed by atoms with Crippen LogP contribution in [0, 0.1) is 0 Å². The van der Waals surface area contributed by atoms with E-state index in [2.05, 4.69) is 47.0 Å². The summed E-state index contributed by atoms with van der Waals surface area (Å²) < 4.78 is 24.0. The standard InChI is InChI=1S/C17H33O3Si.3C4H9.Sn/c1-15(14-21(4,5)6)10-12-18-11-8-7-9-16-13-19-17(2,3)20-16;3*1-3-4-2;/h11,16H,1,7-10,12-14H2,2-6H3;3*1,3-4H2,2H3;. The summed E-state index contributed by atoms with van der Waals surface area (Å²) in [6.07, 6.45) is 13.0. The van der Waals surface area contributed by atoms with Crippen molar-refractivity contribution >= 4 is 26.5 Å². The van der Waals surface area contributed by atoms with E-state index in [9.17, 15) is 0 Å². The summed E-state index contributed by atoms with van der Waals surface area (Å²) in [4.78, 5) is 0. The van der Waals surface area contributed by atoms with E-state index in [4.69, 9.17) is 14.2 Å². The zero-order chi connectivity index (χ0) is 25.7. The van der Waals surface area contributed by atoms with Gasteiger partial charge in [0, 0.05) is 0 Å². The maximum absolute atomic E-state index is 6.97. The van der Waals surface area contributed by atoms with Crippen molar-refractivity contribution in [2.75, 3.05) is 13.2 Å². The van der Waals surface area contributed by atoms with Gasteiger partial charge in [-0.3, -0.25) is 0 Å². The molecular weight excluding hydrogens is 543 g/mol. The molecule has 2 atom stereocenters. The van der Waals surface area contributed by atoms with Crippen LogP contribution >= 0.6 is 0 Å². The monoisotopic (exact) mass is 604 g/mol. The average molecular weight is 604 g/mol. The minimum atomic E-state index is -2.47. The second-order valence-corrected chi connectivity index (χ2v) is 32.0. The molecule has 0 radical (unpaired) electrons. The van der Waals surface area contributed by atoms with E-state index in [-0.39, 0.29) is 6.10 Å². The molecule has 0 saturated carbocycles. The van der Waals surface area contributed by atoms with Crippen LogP contribution in [-0.4, -0.2) is 55.7 Å². The molecule has 0 bridgehead atoms. The SMILES string of the molecule is C=C(CCO[CH](CCCC1COC(C)(C)O1)[Sn]([CH2]CCC)([CH2]CCC)[CH2]CCC)C[Si](C)(C)C. The summed E-state index contributed by atoms with van der Waals surface area (Å²) in [5, 5.41) is 0. The molecule has 0 N–H and O–H groups in total. The van der Waals surface area contributed by atoms with Gasteiger partial charge in [0.05, 0.1) is 0 Å². The Kier molecular flexibility index (Phi) is 15.8. The summed E-state index contributed by atoms with van der Waals surface area (Å²) >= 11 is -2.47. The molecule has 2 unspecified atom stereocenters. The fourth-order valence-corrected chi connectivity index (χ4v) is 24.9. The molecule has 0 aromatic heterocycles. The van der Waals surface area contributed by atoms with E-state index in [1.165, 1.54) is 76.3 Å². The van der Waals surface area contributed by atoms with E-state index in [0.29, 0.717) is 4.12 Å². The summed E-state index contributed by atoms with van der Waals surface area (Å²) in [7, 11) is -1.10. The number of rotatable bonds is 20. The van der Waals surface area contributed by atoms with Crippen LogP contribution in [0.4, 0.5) is 0 Å². The van der Waals surface area contributed by atoms with Gasteiger partial charge in [-0.25, -0.2) is 0 Å². The molecule has 0 spiro atoms. The molecule has 1 fully saturated rings. The van der Waals surface area contributed by atoms with Crippen LogP contribution in [0.15, 0.2) is 12.2 Å². The molecule has 202 valence electrons. The van der Waals surface area contributed by atoms with E-state index in [1.807, 2.05) is 13.8 Å². The third-order valence-corrected chi connectivity index (χ3v) is 25.7. The van der Waals surface area contributed by atoms with Gasteiger partial charge in [-0.15, -0.1) is 0 Å². The quantitative estimate of drug-likeness (QED) is 0.103. The van der Waals surface area contributed by atoms with Crippen molar-refractivity contribution in [2.24, 2.45) is 0 Å². The van der Waals surface area contributed by atoms with Crippen LogP contribution in [0.2, 0.25) is 39.0 Å². The molecule has 5 heteroatoms. The van der Waals surface area contributed by atoms with Gasteiger partial charge < -0.3 is 0 Å². The normalized spacial score (nSPS) is 19.5. The Morgan fingerprint density at radius 1 is 1.00 bits per heavy atom. The van der Waals surface area contributed by atoms with Crippen LogP contribution in [0.25, 0.3) is 0 Å². The molecule has 1 saturated heterocycles. The predicted molar refractivity (Wildman–Crippen MR) is 155 cm³/mol. The average Bonchev–Trinajstić information content (AvgIpc) is 3.09. The van der Waals surface area contributed by atoms with Crippen molar-refractivity contribution in [3.8, 4) is 0 Å². The van der Waals surface area contributed by atoms with Crippen molar-refractivity contribution in [1.82, 2.24) is 0 Å². The van der Waals surface area contributed by atoms with Crippen molar-refractivity contribution in [1.29, 1.82) is 0 Å². The molecule has 34 heavy (non-hydrogen) atoms. The second-order valence-electron chi connectivity index (χ2n) is 12.7. The van der Waals surface area contributed by atoms with Gasteiger partial charge in [0.15, 0.2) is 0 Å². The first-order valence-electron chi connectivity index (χ1n) is 14.6. The van der Waals surface area contributed by atoms with Gasteiger partial charge in [-0.05, 0) is 0 Å². The number of unbranched alkanes of at least 4 members (excludes halogenated alkanes) is 3. The van der Waals surface area contributed by atoms with Crippen LogP contribution in [0.1, 0.15) is 98.8 Å². The summed E-state index contributed by atoms with van der Waals surface area (Å²) in [5.74, 6) is -0.413. The zero-order valence-corrected chi connectivity index (χ0v) is 28.3. The van der Waals surface area contributed by atoms with E-state index < -0.39 is 32.2 Å². The van der Waals surface area contributed by atoms with Crippen molar-refractivity contribution in [3.05, 3.63) is 12.2 Å². The maximum atomic E-state index is 6.97. The zero-order valence-electron chi connectivity index (χ0n) is 24.4. The summed E-state index contributed by atoms with van der Waals surface area (Å²) in [5.41, 5.74) is 1.41. The van der Waals surface area contributed by atoms with Gasteiger partial charge in [-0.1, -0.05) is 0 Å². The first kappa shape index (κ1) is 32.7. The number of hydrogen-bond donors (Lipinski definition) is 0. The van der Waals surface area contributed by atoms with E-state index in [1.54, 1.807) is 0 Å². The van der Waals surface area contributed by atoms with Crippen molar-refractivity contribution in [3.63, 3.8) is 0 Å². The Balaban J connectivity index is 2.92. The molecule has 0 aromatic carbocycles. The third kappa shape index (κ3) is 13.3. The first-order chi connectivity index (χ1) is 16.0. The van der Waals surface area contributed by atoms with Crippen LogP contribution in [0.3, 0.4) is 0 Å². The second kappa shape index (κ2) is 16.5. The van der Waals surface area contributed by atoms with Crippen LogP contribution < -0.4 is 0 Å². The topological polar surface area (TPSA) is 27.7 Å². The molecule has 0 aromatic rings. The van der Waals surface area contributed by atoms with E-state index in [0.717, 1.165) is 26.1 Å². The Morgan fingerprint density at radius 2 is 1.56 bits per heavy atom. The molecular formula is C29H60O3SiSn. The fraction of sp³-hybridized carbons (Fsp3) is 0.931. The number of hydrogen-bond acceptors (Lipinski definition) is 3. The third-order valence-electron chi connectivity index (χ3n) is 7.38. The Hall–Kier alpha value is 0.636. The fourth-order valence-electron chi connectivity index (χ4n) is 5.63. The molecule has 1 aliphatic heterocycles. The minimum absolute atomic E-state index is 0.249. The molecule has 0 aliphatic carbocycles. The first-order valence-corrected chi connectivity index (χ1v) is 26.0. The number of ether oxygens (including phenoxy) is 3. The van der Waals surface area contributed by atoms with Gasteiger partial charge in [-0.2, -0.15) is 0 Å². The molecule has 3 nitrogen and oxygen atoms in total. The molecule has 1 aliphatic rings. The Bertz CT molecular complexity index is 536. The van der Waals surface area contributed by atoms with Gasteiger partial charge in [0.1, 0.15) is 0 Å². The van der Waals surface area contributed by atoms with Crippen molar-refractivity contribution < 1.29 is 14.2 Å². The van der Waals surface area contributed by atoms with Gasteiger partial charge in [0.2, 0.25) is 0 Å². The van der Waals surface area contributed by atoms with Gasteiger partial charge >= 0.3 is 220 Å². The summed E-state index contributed by atoms with van der Waals surface area (Å²) in [6, 6.07) is 1.23. The summed E-state index contributed by atoms with van der Waals surface area (Å²) in [6.45, 7) is 24.5. The van der Waals surface area contributed by atoms with Crippen molar-refractivity contribution in [2.45, 2.75) is 154 Å². The Labute approximate surface area is 219 Å². The molecule has 1 rings (SSSR count).